The van der Waals surface area contributed by atoms with Gasteiger partial charge in [-0.3, -0.25) is 0 Å². The van der Waals surface area contributed by atoms with Crippen LogP contribution in [0.5, 0.6) is 0 Å². The third kappa shape index (κ3) is 3.19. The maximum absolute atomic E-state index is 5.80. The molecule has 2 aliphatic heterocycles. The first-order chi connectivity index (χ1) is 7.41. The second-order valence-electron chi connectivity index (χ2n) is 5.39. The van der Waals surface area contributed by atoms with Crippen molar-refractivity contribution in [1.29, 1.82) is 0 Å². The van der Waals surface area contributed by atoms with E-state index in [9.17, 15) is 0 Å². The van der Waals surface area contributed by atoms with E-state index in [0.717, 1.165) is 0 Å². The molecule has 16 heavy (non-hydrogen) atoms. The van der Waals surface area contributed by atoms with Gasteiger partial charge in [-0.25, -0.2) is 0 Å². The predicted octanol–water partition coefficient (Wildman–Crippen LogP) is 2.98. The lowest BCUT2D eigenvalue weighted by Crippen LogP contribution is -2.33. The van der Waals surface area contributed by atoms with Crippen molar-refractivity contribution < 1.29 is 14.2 Å². The minimum Gasteiger partial charge on any atom is -0.372 e. The van der Waals surface area contributed by atoms with Crippen molar-refractivity contribution >= 4 is 0 Å². The highest BCUT2D eigenvalue weighted by molar-refractivity contribution is 4.93. The zero-order chi connectivity index (χ0) is 12.3. The minimum absolute atomic E-state index is 0.134. The van der Waals surface area contributed by atoms with E-state index in [1.807, 2.05) is 13.8 Å². The summed E-state index contributed by atoms with van der Waals surface area (Å²) >= 11 is 0. The summed E-state index contributed by atoms with van der Waals surface area (Å²) in [5.74, 6) is 0.0687. The Hall–Kier alpha value is -0.120. The van der Waals surface area contributed by atoms with Gasteiger partial charge < -0.3 is 14.2 Å². The molecule has 2 saturated heterocycles. The van der Waals surface area contributed by atoms with Gasteiger partial charge in [-0.2, -0.15) is 0 Å². The van der Waals surface area contributed by atoms with Gasteiger partial charge in [0.25, 0.3) is 0 Å². The van der Waals surface area contributed by atoms with Crippen molar-refractivity contribution in [1.82, 2.24) is 0 Å². The molecule has 0 amide bonds. The van der Waals surface area contributed by atoms with E-state index in [-0.39, 0.29) is 18.3 Å². The summed E-state index contributed by atoms with van der Waals surface area (Å²) in [6, 6.07) is 0. The van der Waals surface area contributed by atoms with E-state index in [1.165, 1.54) is 6.42 Å². The van der Waals surface area contributed by atoms with Crippen LogP contribution in [0, 0.1) is 5.92 Å². The summed E-state index contributed by atoms with van der Waals surface area (Å²) in [7, 11) is 0. The molecule has 0 spiro atoms. The van der Waals surface area contributed by atoms with E-state index in [2.05, 4.69) is 27.7 Å². The molecule has 0 aromatic heterocycles. The Morgan fingerprint density at radius 1 is 1.19 bits per heavy atom. The molecule has 0 aromatic carbocycles. The summed E-state index contributed by atoms with van der Waals surface area (Å²) in [4.78, 5) is 0. The SMILES string of the molecule is CC(C)C1OCC2OC(C)(C)OC21.CCC. The van der Waals surface area contributed by atoms with Gasteiger partial charge in [-0.15, -0.1) is 0 Å². The van der Waals surface area contributed by atoms with E-state index < -0.39 is 5.79 Å². The molecule has 3 unspecified atom stereocenters. The van der Waals surface area contributed by atoms with Crippen LogP contribution < -0.4 is 0 Å². The Morgan fingerprint density at radius 3 is 2.25 bits per heavy atom. The third-order valence-corrected chi connectivity index (χ3v) is 2.66. The second kappa shape index (κ2) is 5.48. The van der Waals surface area contributed by atoms with Crippen LogP contribution in [0.4, 0.5) is 0 Å². The lowest BCUT2D eigenvalue weighted by atomic mass is 10.0. The fourth-order valence-electron chi connectivity index (χ4n) is 2.14. The highest BCUT2D eigenvalue weighted by atomic mass is 16.8. The van der Waals surface area contributed by atoms with Crippen molar-refractivity contribution in [2.24, 2.45) is 5.92 Å². The maximum atomic E-state index is 5.80. The van der Waals surface area contributed by atoms with Crippen LogP contribution in [-0.4, -0.2) is 30.7 Å². The van der Waals surface area contributed by atoms with Crippen LogP contribution in [0.3, 0.4) is 0 Å². The van der Waals surface area contributed by atoms with Crippen LogP contribution in [0.25, 0.3) is 0 Å². The Bertz CT molecular complexity index is 213. The number of fused-ring (bicyclic) bond motifs is 1. The van der Waals surface area contributed by atoms with Crippen LogP contribution in [0.15, 0.2) is 0 Å². The van der Waals surface area contributed by atoms with Crippen molar-refractivity contribution in [3.8, 4) is 0 Å². The molecule has 0 saturated carbocycles. The Balaban J connectivity index is 0.000000386. The van der Waals surface area contributed by atoms with Crippen LogP contribution >= 0.6 is 0 Å². The molecular weight excluding hydrogens is 204 g/mol. The summed E-state index contributed by atoms with van der Waals surface area (Å²) in [5, 5.41) is 0. The lowest BCUT2D eigenvalue weighted by molar-refractivity contribution is -0.178. The molecule has 2 rings (SSSR count). The standard InChI is InChI=1S/C10H18O3.C3H8/c1-6(2)8-9-7(5-11-8)12-10(3,4)13-9;1-3-2/h6-9H,5H2,1-4H3;3H2,1-2H3. The van der Waals surface area contributed by atoms with Crippen molar-refractivity contribution in [2.75, 3.05) is 6.61 Å². The molecule has 3 heteroatoms. The van der Waals surface area contributed by atoms with Crippen molar-refractivity contribution in [3.05, 3.63) is 0 Å². The first kappa shape index (κ1) is 13.9. The number of ether oxygens (including phenoxy) is 3. The fourth-order valence-corrected chi connectivity index (χ4v) is 2.14. The zero-order valence-electron chi connectivity index (χ0n) is 11.4. The molecule has 3 nitrogen and oxygen atoms in total. The van der Waals surface area contributed by atoms with Gasteiger partial charge in [0.2, 0.25) is 0 Å². The number of hydrogen-bond donors (Lipinski definition) is 0. The van der Waals surface area contributed by atoms with E-state index in [0.29, 0.717) is 12.5 Å². The minimum atomic E-state index is -0.424. The van der Waals surface area contributed by atoms with Gasteiger partial charge in [-0.1, -0.05) is 34.1 Å². The monoisotopic (exact) mass is 230 g/mol. The van der Waals surface area contributed by atoms with Gasteiger partial charge in [0.1, 0.15) is 12.2 Å². The summed E-state index contributed by atoms with van der Waals surface area (Å²) < 4.78 is 17.1. The van der Waals surface area contributed by atoms with Crippen LogP contribution in [0.1, 0.15) is 48.0 Å². The summed E-state index contributed by atoms with van der Waals surface area (Å²) in [6.07, 6.45) is 1.73. The molecular formula is C13H26O3. The summed E-state index contributed by atoms with van der Waals surface area (Å²) in [5.41, 5.74) is 0. The summed E-state index contributed by atoms with van der Waals surface area (Å²) in [6.45, 7) is 13.2. The molecule has 3 atom stereocenters. The molecule has 0 N–H and O–H groups in total. The Kier molecular flexibility index (Phi) is 4.77. The fraction of sp³-hybridized carbons (Fsp3) is 1.00. The molecule has 2 aliphatic rings. The van der Waals surface area contributed by atoms with Crippen molar-refractivity contribution in [2.45, 2.75) is 72.1 Å². The van der Waals surface area contributed by atoms with Gasteiger partial charge >= 0.3 is 0 Å². The molecule has 0 bridgehead atoms. The number of hydrogen-bond acceptors (Lipinski definition) is 3. The lowest BCUT2D eigenvalue weighted by Gasteiger charge is -2.23. The van der Waals surface area contributed by atoms with Crippen LogP contribution in [-0.2, 0) is 14.2 Å². The average Bonchev–Trinajstić information content (AvgIpc) is 2.59. The molecule has 96 valence electrons. The highest BCUT2D eigenvalue weighted by Gasteiger charge is 2.50. The normalized spacial score (nSPS) is 35.8. The quantitative estimate of drug-likeness (QED) is 0.693. The highest BCUT2D eigenvalue weighted by Crippen LogP contribution is 2.37. The average molecular weight is 230 g/mol. The van der Waals surface area contributed by atoms with E-state index in [1.54, 1.807) is 0 Å². The largest absolute Gasteiger partial charge is 0.372 e. The second-order valence-corrected chi connectivity index (χ2v) is 5.39. The third-order valence-electron chi connectivity index (χ3n) is 2.66. The number of rotatable bonds is 1. The van der Waals surface area contributed by atoms with Crippen LogP contribution in [0.2, 0.25) is 0 Å². The molecule has 0 aliphatic carbocycles. The topological polar surface area (TPSA) is 27.7 Å². The Morgan fingerprint density at radius 2 is 1.75 bits per heavy atom. The van der Waals surface area contributed by atoms with Gasteiger partial charge in [0.15, 0.2) is 5.79 Å². The van der Waals surface area contributed by atoms with Gasteiger partial charge in [0, 0.05) is 0 Å². The maximum Gasteiger partial charge on any atom is 0.164 e. The van der Waals surface area contributed by atoms with Gasteiger partial charge in [0.05, 0.1) is 12.7 Å². The molecule has 2 heterocycles. The zero-order valence-corrected chi connectivity index (χ0v) is 11.4. The molecule has 0 radical (unpaired) electrons. The van der Waals surface area contributed by atoms with Gasteiger partial charge in [-0.05, 0) is 19.8 Å². The van der Waals surface area contributed by atoms with E-state index >= 15 is 0 Å². The molecule has 2 fully saturated rings. The molecule has 0 aromatic rings. The van der Waals surface area contributed by atoms with Crippen molar-refractivity contribution in [3.63, 3.8) is 0 Å². The first-order valence-corrected chi connectivity index (χ1v) is 6.38. The predicted molar refractivity (Wildman–Crippen MR) is 64.4 cm³/mol. The Labute approximate surface area is 99.5 Å². The first-order valence-electron chi connectivity index (χ1n) is 6.38. The smallest absolute Gasteiger partial charge is 0.164 e. The van der Waals surface area contributed by atoms with E-state index in [4.69, 9.17) is 14.2 Å².